The molecule has 1 N–H and O–H groups in total. The van der Waals surface area contributed by atoms with E-state index in [4.69, 9.17) is 9.84 Å². The molecule has 0 spiro atoms. The van der Waals surface area contributed by atoms with Crippen molar-refractivity contribution < 1.29 is 14.6 Å². The summed E-state index contributed by atoms with van der Waals surface area (Å²) < 4.78 is 5.15. The Morgan fingerprint density at radius 2 is 2.00 bits per heavy atom. The minimum atomic E-state index is -1.03. The molecule has 0 aliphatic heterocycles. The number of methoxy groups -OCH3 is 1. The van der Waals surface area contributed by atoms with Crippen LogP contribution in [0.1, 0.15) is 29.8 Å². The van der Waals surface area contributed by atoms with Crippen LogP contribution in [0, 0.1) is 6.92 Å². The van der Waals surface area contributed by atoms with Crippen LogP contribution >= 0.6 is 0 Å². The van der Waals surface area contributed by atoms with Gasteiger partial charge in [-0.3, -0.25) is 4.98 Å². The highest BCUT2D eigenvalue weighted by atomic mass is 16.5. The van der Waals surface area contributed by atoms with Gasteiger partial charge in [0.1, 0.15) is 11.3 Å². The van der Waals surface area contributed by atoms with Gasteiger partial charge >= 0.3 is 5.97 Å². The summed E-state index contributed by atoms with van der Waals surface area (Å²) in [4.78, 5) is 15.1. The molecule has 0 saturated carbocycles. The Balaban J connectivity index is 0.000000771. The van der Waals surface area contributed by atoms with E-state index in [9.17, 15) is 4.79 Å². The highest BCUT2D eigenvalue weighted by Gasteiger charge is 2.14. The second kappa shape index (κ2) is 6.00. The maximum Gasteiger partial charge on any atom is 0.341 e. The molecule has 0 aliphatic rings. The second-order valence-electron chi connectivity index (χ2n) is 3.53. The van der Waals surface area contributed by atoms with Gasteiger partial charge in [0.2, 0.25) is 0 Å². The number of aromatic nitrogens is 1. The lowest BCUT2D eigenvalue weighted by atomic mass is 10.1. The fourth-order valence-electron chi connectivity index (χ4n) is 1.65. The van der Waals surface area contributed by atoms with Crippen molar-refractivity contribution in [2.75, 3.05) is 7.11 Å². The van der Waals surface area contributed by atoms with Crippen molar-refractivity contribution in [3.8, 4) is 5.75 Å². The zero-order valence-electron chi connectivity index (χ0n) is 11.0. The van der Waals surface area contributed by atoms with Crippen LogP contribution in [-0.2, 0) is 0 Å². The van der Waals surface area contributed by atoms with Gasteiger partial charge in [-0.05, 0) is 19.1 Å². The fourth-order valence-corrected chi connectivity index (χ4v) is 1.65. The third-order valence-corrected chi connectivity index (χ3v) is 2.41. The molecule has 96 valence electrons. The Morgan fingerprint density at radius 3 is 2.56 bits per heavy atom. The Labute approximate surface area is 106 Å². The average Bonchev–Trinajstić information content (AvgIpc) is 2.39. The average molecular weight is 247 g/mol. The van der Waals surface area contributed by atoms with Gasteiger partial charge < -0.3 is 9.84 Å². The van der Waals surface area contributed by atoms with Crippen LogP contribution in [0.15, 0.2) is 24.4 Å². The van der Waals surface area contributed by atoms with Crippen LogP contribution in [0.25, 0.3) is 10.9 Å². The number of fused-ring (bicyclic) bond motifs is 1. The molecular formula is C14H17NO3. The van der Waals surface area contributed by atoms with Crippen LogP contribution in [0.2, 0.25) is 0 Å². The highest BCUT2D eigenvalue weighted by Crippen LogP contribution is 2.28. The number of carboxylic acids is 1. The molecule has 1 aromatic carbocycles. The number of hydrogen-bond acceptors (Lipinski definition) is 3. The number of aryl methyl sites for hydroxylation is 1. The number of nitrogens with zero attached hydrogens (tertiary/aromatic N) is 1. The van der Waals surface area contributed by atoms with Gasteiger partial charge in [0, 0.05) is 11.6 Å². The maximum absolute atomic E-state index is 11.0. The van der Waals surface area contributed by atoms with Gasteiger partial charge in [-0.2, -0.15) is 0 Å². The molecule has 0 saturated heterocycles. The van der Waals surface area contributed by atoms with E-state index in [0.29, 0.717) is 5.75 Å². The van der Waals surface area contributed by atoms with Crippen molar-refractivity contribution in [2.45, 2.75) is 20.8 Å². The molecule has 0 aliphatic carbocycles. The summed E-state index contributed by atoms with van der Waals surface area (Å²) in [5.74, 6) is -0.672. The molecule has 0 amide bonds. The Morgan fingerprint density at radius 1 is 1.33 bits per heavy atom. The lowest BCUT2D eigenvalue weighted by Crippen LogP contribution is -2.02. The molecule has 0 unspecified atom stereocenters. The van der Waals surface area contributed by atoms with Gasteiger partial charge in [0.05, 0.1) is 12.6 Å². The van der Waals surface area contributed by atoms with Crippen molar-refractivity contribution in [1.29, 1.82) is 0 Å². The van der Waals surface area contributed by atoms with Gasteiger partial charge in [0.15, 0.2) is 0 Å². The van der Waals surface area contributed by atoms with E-state index in [1.54, 1.807) is 0 Å². The standard InChI is InChI=1S/C12H11NO3.C2H6/c1-7-3-4-10-8(5-7)11(16-2)9(6-13-10)12(14)15;1-2/h3-6H,1-2H3,(H,14,15);1-2H3. The van der Waals surface area contributed by atoms with Gasteiger partial charge in [-0.15, -0.1) is 0 Å². The summed E-state index contributed by atoms with van der Waals surface area (Å²) in [6.45, 7) is 5.94. The molecular weight excluding hydrogens is 230 g/mol. The summed E-state index contributed by atoms with van der Waals surface area (Å²) in [7, 11) is 1.46. The summed E-state index contributed by atoms with van der Waals surface area (Å²) in [6.07, 6.45) is 1.32. The molecule has 0 fully saturated rings. The molecule has 0 radical (unpaired) electrons. The number of ether oxygens (including phenoxy) is 1. The van der Waals surface area contributed by atoms with Crippen LogP contribution in [0.3, 0.4) is 0 Å². The van der Waals surface area contributed by atoms with Crippen LogP contribution in [0.4, 0.5) is 0 Å². The van der Waals surface area contributed by atoms with Crippen molar-refractivity contribution in [3.63, 3.8) is 0 Å². The molecule has 1 heterocycles. The van der Waals surface area contributed by atoms with E-state index in [1.807, 2.05) is 39.0 Å². The number of hydrogen-bond donors (Lipinski definition) is 1. The predicted octanol–water partition coefficient (Wildman–Crippen LogP) is 3.28. The van der Waals surface area contributed by atoms with Gasteiger partial charge in [-0.25, -0.2) is 4.79 Å². The molecule has 4 nitrogen and oxygen atoms in total. The molecule has 0 bridgehead atoms. The number of rotatable bonds is 2. The normalized spacial score (nSPS) is 9.56. The number of aromatic carboxylic acids is 1. The number of carboxylic acid groups (broad SMARTS) is 1. The number of carbonyl (C=O) groups is 1. The Bertz CT molecular complexity index is 564. The minimum Gasteiger partial charge on any atom is -0.495 e. The Kier molecular flexibility index (Phi) is 4.66. The Hall–Kier alpha value is -2.10. The van der Waals surface area contributed by atoms with E-state index in [1.165, 1.54) is 13.3 Å². The van der Waals surface area contributed by atoms with Crippen LogP contribution < -0.4 is 4.74 Å². The summed E-state index contributed by atoms with van der Waals surface area (Å²) in [5.41, 5.74) is 1.85. The number of pyridine rings is 1. The molecule has 18 heavy (non-hydrogen) atoms. The van der Waals surface area contributed by atoms with Crippen molar-refractivity contribution in [3.05, 3.63) is 35.5 Å². The van der Waals surface area contributed by atoms with Gasteiger partial charge in [-0.1, -0.05) is 25.5 Å². The predicted molar refractivity (Wildman–Crippen MR) is 71.3 cm³/mol. The first kappa shape index (κ1) is 14.0. The molecule has 4 heteroatoms. The van der Waals surface area contributed by atoms with E-state index in [0.717, 1.165) is 16.5 Å². The van der Waals surface area contributed by atoms with Crippen molar-refractivity contribution in [1.82, 2.24) is 4.98 Å². The first-order valence-electron chi connectivity index (χ1n) is 5.80. The first-order chi connectivity index (χ1) is 8.63. The highest BCUT2D eigenvalue weighted by molar-refractivity contribution is 5.98. The molecule has 0 atom stereocenters. The molecule has 2 rings (SSSR count). The summed E-state index contributed by atoms with van der Waals surface area (Å²) in [5, 5.41) is 9.73. The minimum absolute atomic E-state index is 0.0839. The molecule has 1 aromatic heterocycles. The van der Waals surface area contributed by atoms with E-state index < -0.39 is 5.97 Å². The second-order valence-corrected chi connectivity index (χ2v) is 3.53. The van der Waals surface area contributed by atoms with Crippen molar-refractivity contribution in [2.24, 2.45) is 0 Å². The lowest BCUT2D eigenvalue weighted by Gasteiger charge is -2.08. The zero-order valence-corrected chi connectivity index (χ0v) is 11.0. The fraction of sp³-hybridized carbons (Fsp3) is 0.286. The summed E-state index contributed by atoms with van der Waals surface area (Å²) in [6, 6.07) is 5.64. The SMILES string of the molecule is CC.COc1c(C(=O)O)cnc2ccc(C)cc12. The first-order valence-corrected chi connectivity index (χ1v) is 5.80. The van der Waals surface area contributed by atoms with Crippen molar-refractivity contribution >= 4 is 16.9 Å². The lowest BCUT2D eigenvalue weighted by molar-refractivity contribution is 0.0693. The van der Waals surface area contributed by atoms with Gasteiger partial charge in [0.25, 0.3) is 0 Å². The quantitative estimate of drug-likeness (QED) is 0.884. The number of benzene rings is 1. The molecule has 2 aromatic rings. The zero-order chi connectivity index (χ0) is 13.7. The summed E-state index contributed by atoms with van der Waals surface area (Å²) >= 11 is 0. The largest absolute Gasteiger partial charge is 0.495 e. The van der Waals surface area contributed by atoms with E-state index in [2.05, 4.69) is 4.98 Å². The topological polar surface area (TPSA) is 59.4 Å². The third kappa shape index (κ3) is 2.59. The van der Waals surface area contributed by atoms with Crippen LogP contribution in [0.5, 0.6) is 5.75 Å². The van der Waals surface area contributed by atoms with Crippen LogP contribution in [-0.4, -0.2) is 23.2 Å². The maximum atomic E-state index is 11.0. The smallest absolute Gasteiger partial charge is 0.341 e. The third-order valence-electron chi connectivity index (χ3n) is 2.41. The van der Waals surface area contributed by atoms with E-state index >= 15 is 0 Å². The van der Waals surface area contributed by atoms with E-state index in [-0.39, 0.29) is 5.56 Å². The monoisotopic (exact) mass is 247 g/mol.